The Morgan fingerprint density at radius 1 is 0.410 bits per heavy atom. The van der Waals surface area contributed by atoms with Gasteiger partial charge in [-0.3, -0.25) is 19.2 Å². The molecule has 0 aromatic heterocycles. The van der Waals surface area contributed by atoms with Crippen molar-refractivity contribution in [2.45, 2.75) is 120 Å². The molecular weight excluding hydrogens is 781 g/mol. The number of aromatic hydroxyl groups is 4. The van der Waals surface area contributed by atoms with Gasteiger partial charge in [0.05, 0.1) is 5.41 Å². The Balaban J connectivity index is 0.00000641. The summed E-state index contributed by atoms with van der Waals surface area (Å²) < 4.78 is 11.7. The largest absolute Gasteiger partial charge is 0.507 e. The number of aryl methyl sites for hydroxylation is 12. The van der Waals surface area contributed by atoms with E-state index in [0.717, 1.165) is 22.3 Å². The van der Waals surface area contributed by atoms with E-state index in [9.17, 15) is 39.6 Å². The van der Waals surface area contributed by atoms with Crippen molar-refractivity contribution in [3.05, 3.63) is 115 Å². The molecule has 8 N–H and O–H groups in total. The van der Waals surface area contributed by atoms with Crippen molar-refractivity contribution in [2.75, 3.05) is 13.2 Å². The molecule has 61 heavy (non-hydrogen) atoms. The lowest BCUT2D eigenvalue weighted by atomic mass is 9.78. The number of hydrogen-bond donors (Lipinski definition) is 4. The highest BCUT2D eigenvalue weighted by Crippen LogP contribution is 2.33. The summed E-state index contributed by atoms with van der Waals surface area (Å²) in [5.41, 5.74) is 7.61. The molecule has 0 spiro atoms. The van der Waals surface area contributed by atoms with E-state index in [2.05, 4.69) is 0 Å². The van der Waals surface area contributed by atoms with E-state index in [1.807, 2.05) is 48.5 Å². The summed E-state index contributed by atoms with van der Waals surface area (Å²) in [5, 5.41) is 40.9. The van der Waals surface area contributed by atoms with Gasteiger partial charge in [0.15, 0.2) is 0 Å². The second kappa shape index (κ2) is 22.8. The summed E-state index contributed by atoms with van der Waals surface area (Å²) >= 11 is 0. The standard InChI is InChI=1S/C49H60O10.2H2O/c1-29-17-37(18-30(2)45(29)54)9-13-41(50)25-49(26-42(51)14-10-38-19-31(3)46(55)32(4)20-38,27-58-43(52)15-11-39-21-33(5)47(56)34(6)22-39)28-59-44(53)16-12-40-23-35(7)48(57)36(8)24-40;;/h17-24,54-57H,9-16,25-28H2,1-8H3;2*1H2. The maximum atomic E-state index is 13.9. The third-order valence-electron chi connectivity index (χ3n) is 11.0. The summed E-state index contributed by atoms with van der Waals surface area (Å²) in [6.07, 6.45) is 1.26. The van der Waals surface area contributed by atoms with Crippen LogP contribution >= 0.6 is 0 Å². The molecule has 12 heteroatoms. The van der Waals surface area contributed by atoms with Crippen LogP contribution in [-0.4, -0.2) is 68.1 Å². The van der Waals surface area contributed by atoms with Crippen LogP contribution in [0.15, 0.2) is 48.5 Å². The quantitative estimate of drug-likeness (QED) is 0.0657. The normalized spacial score (nSPS) is 11.0. The van der Waals surface area contributed by atoms with Crippen LogP contribution in [0.25, 0.3) is 0 Å². The first-order chi connectivity index (χ1) is 27.7. The average molecular weight is 845 g/mol. The van der Waals surface area contributed by atoms with Crippen molar-refractivity contribution >= 4 is 23.5 Å². The second-order valence-corrected chi connectivity index (χ2v) is 16.6. The molecule has 332 valence electrons. The molecule has 0 aliphatic heterocycles. The first kappa shape index (κ1) is 51.4. The Hall–Kier alpha value is -5.72. The number of phenolic OH excluding ortho intramolecular Hbond substituents is 4. The monoisotopic (exact) mass is 844 g/mol. The molecule has 0 aliphatic carbocycles. The molecule has 0 amide bonds. The molecule has 0 fully saturated rings. The van der Waals surface area contributed by atoms with Gasteiger partial charge in [0.25, 0.3) is 0 Å². The van der Waals surface area contributed by atoms with Crippen molar-refractivity contribution < 1.29 is 60.0 Å². The van der Waals surface area contributed by atoms with Crippen LogP contribution in [0.3, 0.4) is 0 Å². The number of Topliss-reactive ketones (excluding diaryl/α,β-unsaturated/α-hetero) is 2. The highest BCUT2D eigenvalue weighted by atomic mass is 16.5. The first-order valence-corrected chi connectivity index (χ1v) is 20.3. The number of phenols is 4. The minimum atomic E-state index is -1.36. The lowest BCUT2D eigenvalue weighted by Gasteiger charge is -2.32. The minimum Gasteiger partial charge on any atom is -0.507 e. The zero-order valence-electron chi connectivity index (χ0n) is 36.8. The fraction of sp³-hybridized carbons (Fsp3) is 0.429. The van der Waals surface area contributed by atoms with E-state index >= 15 is 0 Å². The molecule has 0 radical (unpaired) electrons. The van der Waals surface area contributed by atoms with Crippen LogP contribution in [0, 0.1) is 60.8 Å². The van der Waals surface area contributed by atoms with Crippen LogP contribution in [0.2, 0.25) is 0 Å². The zero-order valence-corrected chi connectivity index (χ0v) is 36.8. The Bertz CT molecular complexity index is 1950. The minimum absolute atomic E-state index is 0. The van der Waals surface area contributed by atoms with Crippen molar-refractivity contribution in [1.29, 1.82) is 0 Å². The van der Waals surface area contributed by atoms with Gasteiger partial charge in [-0.1, -0.05) is 48.5 Å². The fourth-order valence-corrected chi connectivity index (χ4v) is 7.75. The van der Waals surface area contributed by atoms with Crippen LogP contribution < -0.4 is 0 Å². The maximum absolute atomic E-state index is 13.9. The van der Waals surface area contributed by atoms with Crippen molar-refractivity contribution in [3.8, 4) is 23.0 Å². The average Bonchev–Trinajstić information content (AvgIpc) is 3.18. The molecule has 0 unspecified atom stereocenters. The smallest absolute Gasteiger partial charge is 0.306 e. The molecule has 0 bridgehead atoms. The van der Waals surface area contributed by atoms with Gasteiger partial charge in [0.1, 0.15) is 47.8 Å². The third kappa shape index (κ3) is 14.8. The summed E-state index contributed by atoms with van der Waals surface area (Å²) in [6, 6.07) is 14.6. The van der Waals surface area contributed by atoms with Gasteiger partial charge in [-0.15, -0.1) is 0 Å². The Morgan fingerprint density at radius 2 is 0.623 bits per heavy atom. The molecule has 0 atom stereocenters. The number of ketones is 2. The molecule has 4 rings (SSSR count). The summed E-state index contributed by atoms with van der Waals surface area (Å²) in [4.78, 5) is 54.5. The van der Waals surface area contributed by atoms with Crippen molar-refractivity contribution in [2.24, 2.45) is 5.41 Å². The lowest BCUT2D eigenvalue weighted by molar-refractivity contribution is -0.158. The van der Waals surface area contributed by atoms with Crippen molar-refractivity contribution in [1.82, 2.24) is 0 Å². The number of esters is 2. The molecule has 0 aliphatic rings. The summed E-state index contributed by atoms with van der Waals surface area (Å²) in [6.45, 7) is 13.6. The van der Waals surface area contributed by atoms with Crippen LogP contribution in [0.1, 0.15) is 105 Å². The number of benzene rings is 4. The Labute approximate surface area is 359 Å². The van der Waals surface area contributed by atoms with Gasteiger partial charge in [0.2, 0.25) is 0 Å². The molecule has 4 aromatic carbocycles. The van der Waals surface area contributed by atoms with Crippen LogP contribution in [0.4, 0.5) is 0 Å². The predicted molar refractivity (Wildman–Crippen MR) is 234 cm³/mol. The van der Waals surface area contributed by atoms with E-state index in [4.69, 9.17) is 9.47 Å². The fourth-order valence-electron chi connectivity index (χ4n) is 7.75. The van der Waals surface area contributed by atoms with Crippen molar-refractivity contribution in [3.63, 3.8) is 0 Å². The third-order valence-corrected chi connectivity index (χ3v) is 11.0. The molecular formula is C49H64O12. The highest BCUT2D eigenvalue weighted by Gasteiger charge is 2.38. The number of rotatable bonds is 20. The number of carbonyl (C=O) groups is 4. The van der Waals surface area contributed by atoms with E-state index in [1.165, 1.54) is 0 Å². The van der Waals surface area contributed by atoms with Gasteiger partial charge in [-0.2, -0.15) is 0 Å². The van der Waals surface area contributed by atoms with Gasteiger partial charge in [-0.25, -0.2) is 0 Å². The lowest BCUT2D eigenvalue weighted by Crippen LogP contribution is -2.39. The van der Waals surface area contributed by atoms with E-state index in [0.29, 0.717) is 70.2 Å². The SMILES string of the molecule is Cc1cc(CCC(=O)CC(COC(=O)CCc2cc(C)c(O)c(C)c2)(COC(=O)CCc2cc(C)c(O)c(C)c2)CC(=O)CCc2cc(C)c(O)c(C)c2)cc(C)c1O.O.O. The first-order valence-electron chi connectivity index (χ1n) is 20.3. The predicted octanol–water partition coefficient (Wildman–Crippen LogP) is 7.15. The molecule has 12 nitrogen and oxygen atoms in total. The zero-order chi connectivity index (χ0) is 43.6. The second-order valence-electron chi connectivity index (χ2n) is 16.6. The van der Waals surface area contributed by atoms with Gasteiger partial charge < -0.3 is 40.9 Å². The number of carbonyl (C=O) groups excluding carboxylic acids is 4. The summed E-state index contributed by atoms with van der Waals surface area (Å²) in [5.74, 6) is -0.713. The van der Waals surface area contributed by atoms with Crippen LogP contribution in [0.5, 0.6) is 23.0 Å². The Morgan fingerprint density at radius 3 is 0.852 bits per heavy atom. The Kier molecular flexibility index (Phi) is 19.2. The van der Waals surface area contributed by atoms with E-state index in [1.54, 1.807) is 55.4 Å². The molecule has 0 saturated carbocycles. The topological polar surface area (TPSA) is 231 Å². The van der Waals surface area contributed by atoms with Gasteiger partial charge in [0, 0.05) is 38.5 Å². The van der Waals surface area contributed by atoms with Gasteiger partial charge in [-0.05, 0) is 148 Å². The van der Waals surface area contributed by atoms with E-state index < -0.39 is 17.4 Å². The van der Waals surface area contributed by atoms with Crippen LogP contribution in [-0.2, 0) is 54.3 Å². The number of ether oxygens (including phenoxy) is 2. The number of hydrogen-bond acceptors (Lipinski definition) is 10. The molecule has 0 saturated heterocycles. The van der Waals surface area contributed by atoms with Gasteiger partial charge >= 0.3 is 11.9 Å². The molecule has 0 heterocycles. The summed E-state index contributed by atoms with van der Waals surface area (Å²) in [7, 11) is 0. The maximum Gasteiger partial charge on any atom is 0.306 e. The molecule has 4 aromatic rings. The highest BCUT2D eigenvalue weighted by molar-refractivity contribution is 5.83. The van der Waals surface area contributed by atoms with E-state index in [-0.39, 0.29) is 97.3 Å².